The third kappa shape index (κ3) is 4.00. The average molecular weight is 366 g/mol. The summed E-state index contributed by atoms with van der Waals surface area (Å²) in [7, 11) is 0. The van der Waals surface area contributed by atoms with E-state index in [2.05, 4.69) is 5.32 Å². The molecule has 0 aliphatic carbocycles. The number of anilines is 2. The Morgan fingerprint density at radius 1 is 1.19 bits per heavy atom. The lowest BCUT2D eigenvalue weighted by Gasteiger charge is -2.27. The Morgan fingerprint density at radius 2 is 1.93 bits per heavy atom. The lowest BCUT2D eigenvalue weighted by atomic mass is 10.1. The maximum absolute atomic E-state index is 12.8. The van der Waals surface area contributed by atoms with Crippen LogP contribution in [0, 0.1) is 13.8 Å². The van der Waals surface area contributed by atoms with Crippen molar-refractivity contribution in [1.82, 2.24) is 0 Å². The molecule has 0 unspecified atom stereocenters. The van der Waals surface area contributed by atoms with Gasteiger partial charge in [-0.3, -0.25) is 9.59 Å². The fourth-order valence-electron chi connectivity index (χ4n) is 3.20. The fourth-order valence-corrected chi connectivity index (χ4v) is 3.20. The number of nitrogens with zero attached hydrogens (tertiary/aromatic N) is 1. The van der Waals surface area contributed by atoms with Gasteiger partial charge in [-0.05, 0) is 44.5 Å². The highest BCUT2D eigenvalue weighted by Crippen LogP contribution is 2.31. The summed E-state index contributed by atoms with van der Waals surface area (Å²) in [6.45, 7) is 5.12. The molecule has 3 rings (SSSR count). The van der Waals surface area contributed by atoms with Gasteiger partial charge in [0.2, 0.25) is 5.91 Å². The molecule has 140 valence electrons. The molecule has 1 heterocycles. The molecule has 6 nitrogen and oxygen atoms in total. The van der Waals surface area contributed by atoms with Crippen molar-refractivity contribution in [2.45, 2.75) is 33.2 Å². The first-order valence-corrected chi connectivity index (χ1v) is 8.82. The number of rotatable bonds is 3. The zero-order chi connectivity index (χ0) is 19.6. The third-order valence-corrected chi connectivity index (χ3v) is 4.57. The summed E-state index contributed by atoms with van der Waals surface area (Å²) in [4.78, 5) is 38.7. The molecule has 0 bridgehead atoms. The Morgan fingerprint density at radius 3 is 2.70 bits per heavy atom. The van der Waals surface area contributed by atoms with Crippen LogP contribution in [0.5, 0.6) is 0 Å². The molecule has 2 amide bonds. The van der Waals surface area contributed by atoms with Crippen LogP contribution in [-0.4, -0.2) is 30.4 Å². The van der Waals surface area contributed by atoms with Gasteiger partial charge in [-0.2, -0.15) is 0 Å². The van der Waals surface area contributed by atoms with Gasteiger partial charge < -0.3 is 15.0 Å². The van der Waals surface area contributed by atoms with Crippen LogP contribution in [0.15, 0.2) is 42.5 Å². The molecular weight excluding hydrogens is 344 g/mol. The molecule has 0 radical (unpaired) electrons. The number of fused-ring (bicyclic) bond motifs is 1. The normalized spacial score (nSPS) is 16.2. The number of ether oxygens (including phenoxy) is 1. The molecule has 1 aliphatic rings. The minimum Gasteiger partial charge on any atom is -0.452 e. The summed E-state index contributed by atoms with van der Waals surface area (Å²) < 4.78 is 5.27. The summed E-state index contributed by atoms with van der Waals surface area (Å²) in [6.07, 6.45) is 0.172. The summed E-state index contributed by atoms with van der Waals surface area (Å²) in [6, 6.07) is 12.3. The Balaban J connectivity index is 1.78. The number of nitrogens with one attached hydrogen (secondary N) is 1. The Labute approximate surface area is 158 Å². The highest BCUT2D eigenvalue weighted by Gasteiger charge is 2.30. The highest BCUT2D eigenvalue weighted by molar-refractivity contribution is 6.05. The number of hydrogen-bond acceptors (Lipinski definition) is 4. The number of para-hydroxylation sites is 2. The molecule has 0 aromatic heterocycles. The van der Waals surface area contributed by atoms with Crippen LogP contribution < -0.4 is 10.2 Å². The van der Waals surface area contributed by atoms with Crippen molar-refractivity contribution in [1.29, 1.82) is 0 Å². The molecule has 1 atom stereocenters. The minimum atomic E-state index is -0.533. The van der Waals surface area contributed by atoms with Crippen molar-refractivity contribution in [3.8, 4) is 0 Å². The second-order valence-electron chi connectivity index (χ2n) is 6.78. The maximum Gasteiger partial charge on any atom is 0.338 e. The summed E-state index contributed by atoms with van der Waals surface area (Å²) >= 11 is 0. The molecule has 0 saturated heterocycles. The Bertz CT molecular complexity index is 907. The van der Waals surface area contributed by atoms with Gasteiger partial charge in [0.05, 0.1) is 16.9 Å². The number of carbonyl (C=O) groups excluding carboxylic acids is 3. The monoisotopic (exact) mass is 366 g/mol. The van der Waals surface area contributed by atoms with Crippen molar-refractivity contribution >= 4 is 29.2 Å². The molecule has 1 aliphatic heterocycles. The molecule has 0 saturated carbocycles. The lowest BCUT2D eigenvalue weighted by molar-refractivity contribution is -0.122. The van der Waals surface area contributed by atoms with E-state index in [0.29, 0.717) is 16.9 Å². The zero-order valence-electron chi connectivity index (χ0n) is 15.6. The van der Waals surface area contributed by atoms with Gasteiger partial charge in [0.1, 0.15) is 0 Å². The van der Waals surface area contributed by atoms with E-state index in [1.165, 1.54) is 4.90 Å². The highest BCUT2D eigenvalue weighted by atomic mass is 16.5. The predicted molar refractivity (Wildman–Crippen MR) is 103 cm³/mol. The fraction of sp³-hybridized carbons (Fsp3) is 0.286. The standard InChI is InChI=1S/C21H22N2O4/c1-13-8-9-14(2)16(10-13)21(26)27-12-20(25)23-15(3)11-19(24)22-17-6-4-5-7-18(17)23/h4-10,15H,11-12H2,1-3H3,(H,22,24)/t15-/m0/s1. The van der Waals surface area contributed by atoms with E-state index >= 15 is 0 Å². The van der Waals surface area contributed by atoms with E-state index in [1.807, 2.05) is 26.0 Å². The second kappa shape index (κ2) is 7.61. The van der Waals surface area contributed by atoms with Gasteiger partial charge in [-0.25, -0.2) is 4.79 Å². The molecule has 2 aromatic carbocycles. The molecule has 27 heavy (non-hydrogen) atoms. The van der Waals surface area contributed by atoms with Crippen LogP contribution in [0.1, 0.15) is 34.8 Å². The molecular formula is C21H22N2O4. The molecule has 0 spiro atoms. The van der Waals surface area contributed by atoms with Gasteiger partial charge >= 0.3 is 5.97 Å². The largest absolute Gasteiger partial charge is 0.452 e. The van der Waals surface area contributed by atoms with Crippen molar-refractivity contribution in [3.05, 3.63) is 59.2 Å². The van der Waals surface area contributed by atoms with E-state index in [-0.39, 0.29) is 30.9 Å². The van der Waals surface area contributed by atoms with Crippen LogP contribution in [-0.2, 0) is 14.3 Å². The van der Waals surface area contributed by atoms with E-state index in [1.54, 1.807) is 37.3 Å². The van der Waals surface area contributed by atoms with Crippen LogP contribution in [0.4, 0.5) is 11.4 Å². The van der Waals surface area contributed by atoms with Gasteiger partial charge in [-0.1, -0.05) is 29.8 Å². The summed E-state index contributed by atoms with van der Waals surface area (Å²) in [5, 5.41) is 2.80. The van der Waals surface area contributed by atoms with Crippen LogP contribution >= 0.6 is 0 Å². The van der Waals surface area contributed by atoms with Crippen LogP contribution in [0.3, 0.4) is 0 Å². The van der Waals surface area contributed by atoms with E-state index in [0.717, 1.165) is 11.1 Å². The molecule has 1 N–H and O–H groups in total. The first-order valence-electron chi connectivity index (χ1n) is 8.82. The Kier molecular flexibility index (Phi) is 5.26. The summed E-state index contributed by atoms with van der Waals surface area (Å²) in [5.41, 5.74) is 3.36. The topological polar surface area (TPSA) is 75.7 Å². The lowest BCUT2D eigenvalue weighted by Crippen LogP contribution is -2.41. The summed E-state index contributed by atoms with van der Waals surface area (Å²) in [5.74, 6) is -1.06. The van der Waals surface area contributed by atoms with Crippen molar-refractivity contribution in [2.75, 3.05) is 16.8 Å². The number of carbonyl (C=O) groups is 3. The van der Waals surface area contributed by atoms with Gasteiger partial charge in [-0.15, -0.1) is 0 Å². The van der Waals surface area contributed by atoms with E-state index in [9.17, 15) is 14.4 Å². The average Bonchev–Trinajstić information content (AvgIpc) is 2.75. The van der Waals surface area contributed by atoms with E-state index < -0.39 is 5.97 Å². The van der Waals surface area contributed by atoms with Gasteiger partial charge in [0.15, 0.2) is 6.61 Å². The first-order chi connectivity index (χ1) is 12.9. The Hall–Kier alpha value is -3.15. The number of amides is 2. The number of hydrogen-bond donors (Lipinski definition) is 1. The van der Waals surface area contributed by atoms with Crippen molar-refractivity contribution in [3.63, 3.8) is 0 Å². The number of esters is 1. The first kappa shape index (κ1) is 18.6. The number of aryl methyl sites for hydroxylation is 2. The van der Waals surface area contributed by atoms with Crippen molar-refractivity contribution in [2.24, 2.45) is 0 Å². The maximum atomic E-state index is 12.8. The molecule has 6 heteroatoms. The molecule has 0 fully saturated rings. The number of benzene rings is 2. The van der Waals surface area contributed by atoms with Gasteiger partial charge in [0, 0.05) is 12.5 Å². The van der Waals surface area contributed by atoms with Crippen LogP contribution in [0.2, 0.25) is 0 Å². The SMILES string of the molecule is Cc1ccc(C)c(C(=O)OCC(=O)N2c3ccccc3NC(=O)C[C@@H]2C)c1. The zero-order valence-corrected chi connectivity index (χ0v) is 15.6. The smallest absolute Gasteiger partial charge is 0.338 e. The minimum absolute atomic E-state index is 0.155. The molecule has 2 aromatic rings. The van der Waals surface area contributed by atoms with E-state index in [4.69, 9.17) is 4.74 Å². The predicted octanol–water partition coefficient (Wildman–Crippen LogP) is 3.22. The van der Waals surface area contributed by atoms with Crippen molar-refractivity contribution < 1.29 is 19.1 Å². The second-order valence-corrected chi connectivity index (χ2v) is 6.78. The quantitative estimate of drug-likeness (QED) is 0.847. The van der Waals surface area contributed by atoms with Gasteiger partial charge in [0.25, 0.3) is 5.91 Å². The van der Waals surface area contributed by atoms with Crippen LogP contribution in [0.25, 0.3) is 0 Å². The third-order valence-electron chi connectivity index (χ3n) is 4.57.